The molecule has 2 aliphatic rings. The van der Waals surface area contributed by atoms with Crippen molar-refractivity contribution in [3.63, 3.8) is 0 Å². The van der Waals surface area contributed by atoms with Crippen molar-refractivity contribution >= 4 is 5.97 Å². The van der Waals surface area contributed by atoms with Crippen LogP contribution in [0.2, 0.25) is 0 Å². The van der Waals surface area contributed by atoms with Gasteiger partial charge in [-0.1, -0.05) is 0 Å². The molecule has 1 N–H and O–H groups in total. The second kappa shape index (κ2) is 4.13. The number of carboxylic acid groups (broad SMARTS) is 1. The van der Waals surface area contributed by atoms with E-state index in [2.05, 4.69) is 10.2 Å². The van der Waals surface area contributed by atoms with Gasteiger partial charge in [-0.15, -0.1) is 10.2 Å². The minimum atomic E-state index is -0.673. The van der Waals surface area contributed by atoms with Crippen molar-refractivity contribution < 1.29 is 14.3 Å². The molecule has 0 aromatic carbocycles. The van der Waals surface area contributed by atoms with Crippen LogP contribution in [-0.4, -0.2) is 21.3 Å². The first-order valence-corrected chi connectivity index (χ1v) is 6.30. The lowest BCUT2D eigenvalue weighted by atomic mass is 9.82. The van der Waals surface area contributed by atoms with Gasteiger partial charge >= 0.3 is 5.97 Å². The number of carboxylic acids is 1. The molecule has 5 nitrogen and oxygen atoms in total. The van der Waals surface area contributed by atoms with Crippen LogP contribution in [0.4, 0.5) is 0 Å². The van der Waals surface area contributed by atoms with Crippen LogP contribution in [0.5, 0.6) is 0 Å². The van der Waals surface area contributed by atoms with Crippen molar-refractivity contribution in [3.8, 4) is 0 Å². The first-order valence-electron chi connectivity index (χ1n) is 6.30. The van der Waals surface area contributed by atoms with E-state index in [4.69, 9.17) is 9.52 Å². The molecule has 0 atom stereocenters. The average Bonchev–Trinajstić information content (AvgIpc) is 3.07. The predicted molar refractivity (Wildman–Crippen MR) is 58.6 cm³/mol. The number of aromatic nitrogens is 2. The Balaban J connectivity index is 1.63. The molecule has 0 unspecified atom stereocenters. The van der Waals surface area contributed by atoms with Crippen molar-refractivity contribution in [1.29, 1.82) is 0 Å². The first-order chi connectivity index (χ1) is 8.24. The number of aliphatic carboxylic acids is 1. The Kier molecular flexibility index (Phi) is 2.61. The van der Waals surface area contributed by atoms with Crippen LogP contribution >= 0.6 is 0 Å². The van der Waals surface area contributed by atoms with Gasteiger partial charge in [0.15, 0.2) is 0 Å². The molecule has 0 saturated heterocycles. The van der Waals surface area contributed by atoms with Gasteiger partial charge in [-0.2, -0.15) is 0 Å². The summed E-state index contributed by atoms with van der Waals surface area (Å²) in [5.41, 5.74) is 0. The van der Waals surface area contributed by atoms with E-state index in [1.54, 1.807) is 0 Å². The van der Waals surface area contributed by atoms with Crippen molar-refractivity contribution in [3.05, 3.63) is 11.8 Å². The van der Waals surface area contributed by atoms with E-state index in [1.807, 2.05) is 0 Å². The van der Waals surface area contributed by atoms with Crippen molar-refractivity contribution in [2.45, 2.75) is 50.4 Å². The SMILES string of the molecule is O=C(O)C1CCC(c2nnc(C3CC3)o2)CC1. The van der Waals surface area contributed by atoms with Crippen LogP contribution in [0, 0.1) is 5.92 Å². The lowest BCUT2D eigenvalue weighted by Gasteiger charge is -2.23. The summed E-state index contributed by atoms with van der Waals surface area (Å²) in [5.74, 6) is 1.40. The molecule has 92 valence electrons. The zero-order valence-electron chi connectivity index (χ0n) is 9.63. The number of hydrogen-bond donors (Lipinski definition) is 1. The summed E-state index contributed by atoms with van der Waals surface area (Å²) < 4.78 is 5.67. The molecule has 3 rings (SSSR count). The summed E-state index contributed by atoms with van der Waals surface area (Å²) in [5, 5.41) is 17.1. The van der Waals surface area contributed by atoms with Crippen LogP contribution in [0.15, 0.2) is 4.42 Å². The summed E-state index contributed by atoms with van der Waals surface area (Å²) in [6.45, 7) is 0. The summed E-state index contributed by atoms with van der Waals surface area (Å²) in [4.78, 5) is 10.8. The summed E-state index contributed by atoms with van der Waals surface area (Å²) >= 11 is 0. The highest BCUT2D eigenvalue weighted by Gasteiger charge is 2.33. The van der Waals surface area contributed by atoms with Gasteiger partial charge in [0.25, 0.3) is 0 Å². The Morgan fingerprint density at radius 1 is 1.00 bits per heavy atom. The molecule has 0 radical (unpaired) electrons. The van der Waals surface area contributed by atoms with Gasteiger partial charge in [-0.3, -0.25) is 4.79 Å². The van der Waals surface area contributed by atoms with Gasteiger partial charge in [0.05, 0.1) is 5.92 Å². The third kappa shape index (κ3) is 2.18. The maximum atomic E-state index is 10.8. The molecule has 5 heteroatoms. The highest BCUT2D eigenvalue weighted by Crippen LogP contribution is 2.41. The average molecular weight is 236 g/mol. The van der Waals surface area contributed by atoms with E-state index in [0.717, 1.165) is 50.3 Å². The van der Waals surface area contributed by atoms with Crippen molar-refractivity contribution in [2.24, 2.45) is 5.92 Å². The van der Waals surface area contributed by atoms with Gasteiger partial charge < -0.3 is 9.52 Å². The molecule has 2 saturated carbocycles. The molecular formula is C12H16N2O3. The van der Waals surface area contributed by atoms with Gasteiger partial charge in [0.2, 0.25) is 11.8 Å². The smallest absolute Gasteiger partial charge is 0.306 e. The fourth-order valence-corrected chi connectivity index (χ4v) is 2.49. The highest BCUT2D eigenvalue weighted by atomic mass is 16.4. The second-order valence-corrected chi connectivity index (χ2v) is 5.14. The molecular weight excluding hydrogens is 220 g/mol. The molecule has 17 heavy (non-hydrogen) atoms. The molecule has 2 aliphatic carbocycles. The Morgan fingerprint density at radius 3 is 1.88 bits per heavy atom. The fourth-order valence-electron chi connectivity index (χ4n) is 2.49. The summed E-state index contributed by atoms with van der Waals surface area (Å²) in [6.07, 6.45) is 5.47. The molecule has 0 amide bonds. The third-order valence-corrected chi connectivity index (χ3v) is 3.81. The molecule has 1 aromatic rings. The minimum absolute atomic E-state index is 0.183. The van der Waals surface area contributed by atoms with E-state index >= 15 is 0 Å². The number of rotatable bonds is 3. The minimum Gasteiger partial charge on any atom is -0.481 e. The molecule has 0 aliphatic heterocycles. The van der Waals surface area contributed by atoms with Crippen LogP contribution in [-0.2, 0) is 4.79 Å². The quantitative estimate of drug-likeness (QED) is 0.871. The number of nitrogens with zero attached hydrogens (tertiary/aromatic N) is 2. The van der Waals surface area contributed by atoms with Crippen molar-refractivity contribution in [1.82, 2.24) is 10.2 Å². The number of carbonyl (C=O) groups is 1. The molecule has 0 bridgehead atoms. The Hall–Kier alpha value is -1.39. The van der Waals surface area contributed by atoms with Crippen LogP contribution < -0.4 is 0 Å². The van der Waals surface area contributed by atoms with Crippen molar-refractivity contribution in [2.75, 3.05) is 0 Å². The monoisotopic (exact) mass is 236 g/mol. The van der Waals surface area contributed by atoms with Gasteiger partial charge in [0, 0.05) is 11.8 Å². The number of hydrogen-bond acceptors (Lipinski definition) is 4. The predicted octanol–water partition coefficient (Wildman–Crippen LogP) is 2.31. The van der Waals surface area contributed by atoms with Gasteiger partial charge in [-0.25, -0.2) is 0 Å². The van der Waals surface area contributed by atoms with E-state index in [1.165, 1.54) is 0 Å². The normalized spacial score (nSPS) is 29.2. The van der Waals surface area contributed by atoms with Gasteiger partial charge in [0.1, 0.15) is 0 Å². The van der Waals surface area contributed by atoms with E-state index < -0.39 is 5.97 Å². The zero-order valence-corrected chi connectivity index (χ0v) is 9.63. The molecule has 2 fully saturated rings. The maximum Gasteiger partial charge on any atom is 0.306 e. The maximum absolute atomic E-state index is 10.8. The fraction of sp³-hybridized carbons (Fsp3) is 0.750. The molecule has 0 spiro atoms. The molecule has 1 heterocycles. The first kappa shape index (κ1) is 10.7. The van der Waals surface area contributed by atoms with E-state index in [0.29, 0.717) is 5.92 Å². The van der Waals surface area contributed by atoms with Gasteiger partial charge in [-0.05, 0) is 38.5 Å². The Labute approximate surface area is 99.2 Å². The second-order valence-electron chi connectivity index (χ2n) is 5.14. The van der Waals surface area contributed by atoms with E-state index in [-0.39, 0.29) is 11.8 Å². The van der Waals surface area contributed by atoms with Crippen LogP contribution in [0.1, 0.15) is 62.1 Å². The third-order valence-electron chi connectivity index (χ3n) is 3.81. The topological polar surface area (TPSA) is 76.2 Å². The van der Waals surface area contributed by atoms with Crippen LogP contribution in [0.25, 0.3) is 0 Å². The molecule has 1 aromatic heterocycles. The Morgan fingerprint density at radius 2 is 1.47 bits per heavy atom. The van der Waals surface area contributed by atoms with Crippen LogP contribution in [0.3, 0.4) is 0 Å². The highest BCUT2D eigenvalue weighted by molar-refractivity contribution is 5.70. The summed E-state index contributed by atoms with van der Waals surface area (Å²) in [6, 6.07) is 0. The zero-order chi connectivity index (χ0) is 11.8. The Bertz CT molecular complexity index is 417. The standard InChI is InChI=1S/C12H16N2O3/c15-12(16)9-5-3-8(4-6-9)11-14-13-10(17-11)7-1-2-7/h7-9H,1-6H2,(H,15,16). The lowest BCUT2D eigenvalue weighted by Crippen LogP contribution is -2.20. The van der Waals surface area contributed by atoms with E-state index in [9.17, 15) is 4.79 Å². The summed E-state index contributed by atoms with van der Waals surface area (Å²) in [7, 11) is 0. The largest absolute Gasteiger partial charge is 0.481 e. The lowest BCUT2D eigenvalue weighted by molar-refractivity contribution is -0.142.